The Morgan fingerprint density at radius 1 is 1.33 bits per heavy atom. The predicted molar refractivity (Wildman–Crippen MR) is 60.8 cm³/mol. The Balaban J connectivity index is 3.28. The van der Waals surface area contributed by atoms with Gasteiger partial charge in [0.15, 0.2) is 0 Å². The van der Waals surface area contributed by atoms with E-state index in [1.165, 1.54) is 9.13 Å². The number of halogens is 1. The molecule has 2 nitrogen and oxygen atoms in total. The maximum Gasteiger partial charge on any atom is 0.142 e. The van der Waals surface area contributed by atoms with Gasteiger partial charge in [-0.2, -0.15) is 0 Å². The van der Waals surface area contributed by atoms with Crippen molar-refractivity contribution in [1.29, 1.82) is 0 Å². The van der Waals surface area contributed by atoms with Crippen molar-refractivity contribution in [2.75, 3.05) is 19.0 Å². The number of rotatable bonds is 1. The van der Waals surface area contributed by atoms with Crippen LogP contribution >= 0.6 is 22.6 Å². The Labute approximate surface area is 87.1 Å². The van der Waals surface area contributed by atoms with Crippen LogP contribution in [0.5, 0.6) is 0 Å². The zero-order chi connectivity index (χ0) is 9.30. The van der Waals surface area contributed by atoms with Crippen molar-refractivity contribution in [1.82, 2.24) is 4.98 Å². The SMILES string of the molecule is Cc1cc(C)c(I)c(N(C)C)n1. The highest BCUT2D eigenvalue weighted by atomic mass is 127. The molecule has 0 aromatic carbocycles. The Kier molecular flexibility index (Phi) is 2.93. The van der Waals surface area contributed by atoms with Crippen LogP contribution in [-0.4, -0.2) is 19.1 Å². The van der Waals surface area contributed by atoms with Crippen LogP contribution in [0.4, 0.5) is 5.82 Å². The summed E-state index contributed by atoms with van der Waals surface area (Å²) in [6.45, 7) is 4.14. The van der Waals surface area contributed by atoms with E-state index in [9.17, 15) is 0 Å². The van der Waals surface area contributed by atoms with Crippen LogP contribution in [0, 0.1) is 17.4 Å². The minimum Gasteiger partial charge on any atom is -0.362 e. The van der Waals surface area contributed by atoms with Crippen molar-refractivity contribution in [2.45, 2.75) is 13.8 Å². The molecule has 0 aliphatic heterocycles. The summed E-state index contributed by atoms with van der Waals surface area (Å²) in [7, 11) is 4.03. The van der Waals surface area contributed by atoms with Crippen LogP contribution in [0.25, 0.3) is 0 Å². The molecule has 0 bridgehead atoms. The molecule has 0 N–H and O–H groups in total. The van der Waals surface area contributed by atoms with Crippen molar-refractivity contribution in [3.8, 4) is 0 Å². The molecule has 1 heterocycles. The first-order chi connectivity index (χ1) is 5.52. The molecule has 1 rings (SSSR count). The third-order valence-electron chi connectivity index (χ3n) is 1.67. The molecule has 12 heavy (non-hydrogen) atoms. The molecule has 0 fully saturated rings. The summed E-state index contributed by atoms with van der Waals surface area (Å²) in [5.74, 6) is 1.06. The molecular weight excluding hydrogens is 263 g/mol. The van der Waals surface area contributed by atoms with Crippen LogP contribution in [0.3, 0.4) is 0 Å². The summed E-state index contributed by atoms with van der Waals surface area (Å²) >= 11 is 2.33. The summed E-state index contributed by atoms with van der Waals surface area (Å²) in [6.07, 6.45) is 0. The van der Waals surface area contributed by atoms with Gasteiger partial charge >= 0.3 is 0 Å². The smallest absolute Gasteiger partial charge is 0.142 e. The zero-order valence-corrected chi connectivity index (χ0v) is 10.0. The molecule has 0 amide bonds. The van der Waals surface area contributed by atoms with Gasteiger partial charge in [-0.3, -0.25) is 0 Å². The first-order valence-corrected chi connectivity index (χ1v) is 4.91. The minimum absolute atomic E-state index is 1.06. The van der Waals surface area contributed by atoms with E-state index in [-0.39, 0.29) is 0 Å². The van der Waals surface area contributed by atoms with Crippen LogP contribution in [0.15, 0.2) is 6.07 Å². The van der Waals surface area contributed by atoms with Gasteiger partial charge in [0.05, 0.1) is 3.57 Å². The maximum atomic E-state index is 4.45. The molecule has 0 unspecified atom stereocenters. The van der Waals surface area contributed by atoms with Gasteiger partial charge in [0, 0.05) is 19.8 Å². The second-order valence-electron chi connectivity index (χ2n) is 3.11. The van der Waals surface area contributed by atoms with E-state index < -0.39 is 0 Å². The van der Waals surface area contributed by atoms with E-state index in [2.05, 4.69) is 40.6 Å². The highest BCUT2D eigenvalue weighted by Gasteiger charge is 2.06. The maximum absolute atomic E-state index is 4.45. The summed E-state index contributed by atoms with van der Waals surface area (Å²) in [5.41, 5.74) is 2.38. The van der Waals surface area contributed by atoms with E-state index in [4.69, 9.17) is 0 Å². The van der Waals surface area contributed by atoms with E-state index in [0.29, 0.717) is 0 Å². The largest absolute Gasteiger partial charge is 0.362 e. The molecule has 0 radical (unpaired) electrons. The number of anilines is 1. The molecule has 3 heteroatoms. The first kappa shape index (κ1) is 9.77. The van der Waals surface area contributed by atoms with Crippen molar-refractivity contribution in [2.24, 2.45) is 0 Å². The van der Waals surface area contributed by atoms with Gasteiger partial charge in [-0.15, -0.1) is 0 Å². The van der Waals surface area contributed by atoms with Crippen molar-refractivity contribution in [3.63, 3.8) is 0 Å². The quantitative estimate of drug-likeness (QED) is 0.732. The molecular formula is C9H13IN2. The average molecular weight is 276 g/mol. The normalized spacial score (nSPS) is 10.1. The van der Waals surface area contributed by atoms with Gasteiger partial charge in [0.2, 0.25) is 0 Å². The fourth-order valence-corrected chi connectivity index (χ4v) is 1.86. The van der Waals surface area contributed by atoms with Crippen LogP contribution in [0.2, 0.25) is 0 Å². The van der Waals surface area contributed by atoms with Crippen molar-refractivity contribution < 1.29 is 0 Å². The lowest BCUT2D eigenvalue weighted by Crippen LogP contribution is -2.13. The monoisotopic (exact) mass is 276 g/mol. The van der Waals surface area contributed by atoms with Gasteiger partial charge in [-0.05, 0) is 48.1 Å². The summed E-state index contributed by atoms with van der Waals surface area (Å²) in [4.78, 5) is 6.49. The van der Waals surface area contributed by atoms with Crippen LogP contribution in [0.1, 0.15) is 11.3 Å². The molecule has 0 spiro atoms. The second-order valence-corrected chi connectivity index (χ2v) is 4.19. The standard InChI is InChI=1S/C9H13IN2/c1-6-5-7(2)11-9(8(6)10)12(3)4/h5H,1-4H3. The molecule has 0 aliphatic carbocycles. The van der Waals surface area contributed by atoms with Gasteiger partial charge in [0.25, 0.3) is 0 Å². The van der Waals surface area contributed by atoms with E-state index in [1.807, 2.05) is 25.9 Å². The summed E-state index contributed by atoms with van der Waals surface area (Å²) in [6, 6.07) is 2.11. The van der Waals surface area contributed by atoms with Crippen molar-refractivity contribution >= 4 is 28.4 Å². The Morgan fingerprint density at radius 2 is 1.92 bits per heavy atom. The fourth-order valence-electron chi connectivity index (χ4n) is 1.10. The Bertz CT molecular complexity index is 295. The zero-order valence-electron chi connectivity index (χ0n) is 7.85. The second kappa shape index (κ2) is 3.60. The lowest BCUT2D eigenvalue weighted by molar-refractivity contribution is 1.03. The van der Waals surface area contributed by atoms with E-state index in [1.54, 1.807) is 0 Å². The average Bonchev–Trinajstić information content (AvgIpc) is 1.96. The molecule has 0 aliphatic rings. The van der Waals surface area contributed by atoms with Crippen LogP contribution in [-0.2, 0) is 0 Å². The van der Waals surface area contributed by atoms with Gasteiger partial charge < -0.3 is 4.90 Å². The van der Waals surface area contributed by atoms with Crippen LogP contribution < -0.4 is 4.90 Å². The van der Waals surface area contributed by atoms with E-state index >= 15 is 0 Å². The third kappa shape index (κ3) is 1.88. The molecule has 0 atom stereocenters. The van der Waals surface area contributed by atoms with Gasteiger partial charge in [-0.1, -0.05) is 0 Å². The number of aryl methyl sites for hydroxylation is 2. The van der Waals surface area contributed by atoms with E-state index in [0.717, 1.165) is 11.5 Å². The fraction of sp³-hybridized carbons (Fsp3) is 0.444. The lowest BCUT2D eigenvalue weighted by atomic mass is 10.2. The molecule has 0 saturated carbocycles. The molecule has 1 aromatic heterocycles. The summed E-state index contributed by atoms with van der Waals surface area (Å²) < 4.78 is 1.24. The number of nitrogens with zero attached hydrogens (tertiary/aromatic N) is 2. The number of pyridine rings is 1. The highest BCUT2D eigenvalue weighted by Crippen LogP contribution is 2.22. The minimum atomic E-state index is 1.06. The number of hydrogen-bond donors (Lipinski definition) is 0. The highest BCUT2D eigenvalue weighted by molar-refractivity contribution is 14.1. The lowest BCUT2D eigenvalue weighted by Gasteiger charge is -2.15. The summed E-state index contributed by atoms with van der Waals surface area (Å²) in [5, 5.41) is 0. The Hall–Kier alpha value is -0.320. The molecule has 0 saturated heterocycles. The molecule has 66 valence electrons. The Morgan fingerprint density at radius 3 is 2.42 bits per heavy atom. The predicted octanol–water partition coefficient (Wildman–Crippen LogP) is 2.37. The first-order valence-electron chi connectivity index (χ1n) is 3.83. The topological polar surface area (TPSA) is 16.1 Å². The number of aromatic nitrogens is 1. The third-order valence-corrected chi connectivity index (χ3v) is 3.01. The van der Waals surface area contributed by atoms with Crippen molar-refractivity contribution in [3.05, 3.63) is 20.9 Å². The molecule has 1 aromatic rings. The van der Waals surface area contributed by atoms with Gasteiger partial charge in [0.1, 0.15) is 5.82 Å². The number of hydrogen-bond acceptors (Lipinski definition) is 2. The van der Waals surface area contributed by atoms with Gasteiger partial charge in [-0.25, -0.2) is 4.98 Å².